The normalized spacial score (nSPS) is 18.9. The molecule has 1 aliphatic rings. The lowest BCUT2D eigenvalue weighted by atomic mass is 9.99. The SMILES string of the molecule is CC1CCN(Cc2ccc3cc[nH]c3c2)CC1. The van der Waals surface area contributed by atoms with Gasteiger partial charge in [0.2, 0.25) is 0 Å². The average molecular weight is 228 g/mol. The molecule has 0 aliphatic carbocycles. The van der Waals surface area contributed by atoms with Crippen LogP contribution in [0.25, 0.3) is 10.9 Å². The summed E-state index contributed by atoms with van der Waals surface area (Å²) >= 11 is 0. The van der Waals surface area contributed by atoms with Gasteiger partial charge in [-0.15, -0.1) is 0 Å². The molecule has 0 bridgehead atoms. The van der Waals surface area contributed by atoms with E-state index in [9.17, 15) is 0 Å². The molecule has 17 heavy (non-hydrogen) atoms. The van der Waals surface area contributed by atoms with Gasteiger partial charge in [-0.2, -0.15) is 0 Å². The fourth-order valence-corrected chi connectivity index (χ4v) is 2.67. The average Bonchev–Trinajstić information content (AvgIpc) is 2.79. The van der Waals surface area contributed by atoms with E-state index in [-0.39, 0.29) is 0 Å². The van der Waals surface area contributed by atoms with Gasteiger partial charge in [-0.05, 0) is 54.9 Å². The first-order chi connectivity index (χ1) is 8.31. The van der Waals surface area contributed by atoms with Crippen molar-refractivity contribution in [3.05, 3.63) is 36.0 Å². The van der Waals surface area contributed by atoms with Crippen LogP contribution in [0.2, 0.25) is 0 Å². The Morgan fingerprint density at radius 3 is 2.88 bits per heavy atom. The zero-order valence-corrected chi connectivity index (χ0v) is 10.4. The van der Waals surface area contributed by atoms with Gasteiger partial charge in [-0.25, -0.2) is 0 Å². The van der Waals surface area contributed by atoms with Gasteiger partial charge in [-0.1, -0.05) is 19.1 Å². The largest absolute Gasteiger partial charge is 0.361 e. The van der Waals surface area contributed by atoms with Gasteiger partial charge >= 0.3 is 0 Å². The minimum absolute atomic E-state index is 0.914. The Balaban J connectivity index is 1.71. The maximum absolute atomic E-state index is 3.29. The Morgan fingerprint density at radius 2 is 2.06 bits per heavy atom. The topological polar surface area (TPSA) is 19.0 Å². The van der Waals surface area contributed by atoms with Crippen LogP contribution in [0.1, 0.15) is 25.3 Å². The Bertz CT molecular complexity index is 492. The number of aromatic nitrogens is 1. The standard InChI is InChI=1S/C15H20N2/c1-12-5-8-17(9-6-12)11-13-2-3-14-4-7-16-15(14)10-13/h2-4,7,10,12,16H,5-6,8-9,11H2,1H3. The molecule has 1 aromatic carbocycles. The molecule has 1 fully saturated rings. The summed E-state index contributed by atoms with van der Waals surface area (Å²) in [5.41, 5.74) is 2.68. The third-order valence-corrected chi connectivity index (χ3v) is 3.90. The van der Waals surface area contributed by atoms with E-state index in [2.05, 4.69) is 41.1 Å². The summed E-state index contributed by atoms with van der Waals surface area (Å²) in [6.45, 7) is 5.97. The highest BCUT2D eigenvalue weighted by Gasteiger charge is 2.15. The molecule has 2 nitrogen and oxygen atoms in total. The lowest BCUT2D eigenvalue weighted by Gasteiger charge is -2.30. The summed E-state index contributed by atoms with van der Waals surface area (Å²) in [4.78, 5) is 5.86. The number of benzene rings is 1. The Kier molecular flexibility index (Phi) is 2.89. The van der Waals surface area contributed by atoms with Crippen molar-refractivity contribution in [3.8, 4) is 0 Å². The van der Waals surface area contributed by atoms with E-state index in [1.807, 2.05) is 6.20 Å². The van der Waals surface area contributed by atoms with Crippen molar-refractivity contribution in [2.75, 3.05) is 13.1 Å². The molecule has 0 radical (unpaired) electrons. The van der Waals surface area contributed by atoms with Crippen LogP contribution in [-0.4, -0.2) is 23.0 Å². The van der Waals surface area contributed by atoms with E-state index >= 15 is 0 Å². The number of fused-ring (bicyclic) bond motifs is 1. The minimum Gasteiger partial charge on any atom is -0.361 e. The van der Waals surface area contributed by atoms with Gasteiger partial charge in [0.15, 0.2) is 0 Å². The predicted octanol–water partition coefficient (Wildman–Crippen LogP) is 3.40. The molecule has 1 saturated heterocycles. The van der Waals surface area contributed by atoms with Crippen LogP contribution in [0, 0.1) is 5.92 Å². The van der Waals surface area contributed by atoms with E-state index in [0.717, 1.165) is 12.5 Å². The van der Waals surface area contributed by atoms with Crippen molar-refractivity contribution < 1.29 is 0 Å². The Hall–Kier alpha value is -1.28. The molecule has 90 valence electrons. The Morgan fingerprint density at radius 1 is 1.24 bits per heavy atom. The molecular weight excluding hydrogens is 208 g/mol. The number of nitrogens with one attached hydrogen (secondary N) is 1. The van der Waals surface area contributed by atoms with Gasteiger partial charge < -0.3 is 4.98 Å². The monoisotopic (exact) mass is 228 g/mol. The van der Waals surface area contributed by atoms with Gasteiger partial charge in [0.05, 0.1) is 0 Å². The van der Waals surface area contributed by atoms with E-state index in [0.29, 0.717) is 0 Å². The third kappa shape index (κ3) is 2.37. The third-order valence-electron chi connectivity index (χ3n) is 3.90. The number of rotatable bonds is 2. The van der Waals surface area contributed by atoms with Gasteiger partial charge in [0, 0.05) is 18.3 Å². The van der Waals surface area contributed by atoms with Crippen LogP contribution < -0.4 is 0 Å². The second-order valence-electron chi connectivity index (χ2n) is 5.36. The smallest absolute Gasteiger partial charge is 0.0457 e. The fraction of sp³-hybridized carbons (Fsp3) is 0.467. The molecule has 2 heteroatoms. The predicted molar refractivity (Wildman–Crippen MR) is 72.0 cm³/mol. The lowest BCUT2D eigenvalue weighted by Crippen LogP contribution is -2.32. The van der Waals surface area contributed by atoms with Crippen LogP contribution in [0.3, 0.4) is 0 Å². The number of nitrogens with zero attached hydrogens (tertiary/aromatic N) is 1. The van der Waals surface area contributed by atoms with E-state index in [1.54, 1.807) is 0 Å². The summed E-state index contributed by atoms with van der Waals surface area (Å²) in [6, 6.07) is 8.89. The van der Waals surface area contributed by atoms with Gasteiger partial charge in [-0.3, -0.25) is 4.90 Å². The minimum atomic E-state index is 0.914. The number of H-pyrrole nitrogens is 1. The number of piperidine rings is 1. The highest BCUT2D eigenvalue weighted by Crippen LogP contribution is 2.20. The summed E-state index contributed by atoms with van der Waals surface area (Å²) in [5, 5.41) is 1.31. The number of hydrogen-bond acceptors (Lipinski definition) is 1. The fourth-order valence-electron chi connectivity index (χ4n) is 2.67. The highest BCUT2D eigenvalue weighted by atomic mass is 15.1. The van der Waals surface area contributed by atoms with Crippen molar-refractivity contribution in [3.63, 3.8) is 0 Å². The molecule has 0 saturated carbocycles. The summed E-state index contributed by atoms with van der Waals surface area (Å²) in [6.07, 6.45) is 4.71. The van der Waals surface area contributed by atoms with E-state index < -0.39 is 0 Å². The molecule has 1 aliphatic heterocycles. The molecule has 2 aromatic rings. The van der Waals surface area contributed by atoms with Gasteiger partial charge in [0.1, 0.15) is 0 Å². The quantitative estimate of drug-likeness (QED) is 0.834. The van der Waals surface area contributed by atoms with Crippen molar-refractivity contribution in [1.29, 1.82) is 0 Å². The van der Waals surface area contributed by atoms with Crippen molar-refractivity contribution >= 4 is 10.9 Å². The molecular formula is C15H20N2. The van der Waals surface area contributed by atoms with Crippen LogP contribution >= 0.6 is 0 Å². The molecule has 0 spiro atoms. The van der Waals surface area contributed by atoms with Crippen LogP contribution in [0.4, 0.5) is 0 Å². The summed E-state index contributed by atoms with van der Waals surface area (Å²) in [7, 11) is 0. The first kappa shape index (κ1) is 10.8. The Labute approximate surface area is 103 Å². The van der Waals surface area contributed by atoms with Crippen LogP contribution in [0.15, 0.2) is 30.5 Å². The van der Waals surface area contributed by atoms with Crippen molar-refractivity contribution in [1.82, 2.24) is 9.88 Å². The van der Waals surface area contributed by atoms with Gasteiger partial charge in [0.25, 0.3) is 0 Å². The zero-order valence-electron chi connectivity index (χ0n) is 10.4. The maximum Gasteiger partial charge on any atom is 0.0457 e. The van der Waals surface area contributed by atoms with E-state index in [4.69, 9.17) is 0 Å². The zero-order chi connectivity index (χ0) is 11.7. The second-order valence-corrected chi connectivity index (χ2v) is 5.36. The first-order valence-electron chi connectivity index (χ1n) is 6.59. The molecule has 0 amide bonds. The van der Waals surface area contributed by atoms with Crippen LogP contribution in [-0.2, 0) is 6.54 Å². The first-order valence-corrected chi connectivity index (χ1v) is 6.59. The maximum atomic E-state index is 3.29. The summed E-state index contributed by atoms with van der Waals surface area (Å²) < 4.78 is 0. The van der Waals surface area contributed by atoms with Crippen molar-refractivity contribution in [2.45, 2.75) is 26.3 Å². The molecule has 2 heterocycles. The molecule has 3 rings (SSSR count). The second kappa shape index (κ2) is 4.53. The lowest BCUT2D eigenvalue weighted by molar-refractivity contribution is 0.185. The number of hydrogen-bond donors (Lipinski definition) is 1. The number of likely N-dealkylation sites (tertiary alicyclic amines) is 1. The molecule has 1 aromatic heterocycles. The van der Waals surface area contributed by atoms with E-state index in [1.165, 1.54) is 42.4 Å². The summed E-state index contributed by atoms with van der Waals surface area (Å²) in [5.74, 6) is 0.914. The van der Waals surface area contributed by atoms with Crippen LogP contribution in [0.5, 0.6) is 0 Å². The molecule has 0 unspecified atom stereocenters. The molecule has 0 atom stereocenters. The molecule has 1 N–H and O–H groups in total. The highest BCUT2D eigenvalue weighted by molar-refractivity contribution is 5.79. The number of aromatic amines is 1. The van der Waals surface area contributed by atoms with Crippen molar-refractivity contribution in [2.24, 2.45) is 5.92 Å².